The van der Waals surface area contributed by atoms with E-state index in [1.807, 2.05) is 13.0 Å². The summed E-state index contributed by atoms with van der Waals surface area (Å²) >= 11 is 11.9. The zero-order valence-electron chi connectivity index (χ0n) is 15.0. The fourth-order valence-corrected chi connectivity index (χ4v) is 2.92. The highest BCUT2D eigenvalue weighted by molar-refractivity contribution is 6.35. The van der Waals surface area contributed by atoms with Crippen LogP contribution in [0.4, 0.5) is 5.82 Å². The fourth-order valence-electron chi connectivity index (χ4n) is 2.49. The first kappa shape index (κ1) is 19.3. The maximum atomic E-state index is 6.07. The first-order valence-corrected chi connectivity index (χ1v) is 8.84. The van der Waals surface area contributed by atoms with E-state index in [-0.39, 0.29) is 6.04 Å². The third-order valence-corrected chi connectivity index (χ3v) is 4.25. The first-order chi connectivity index (χ1) is 13.0. The van der Waals surface area contributed by atoms with Gasteiger partial charge in [0.05, 0.1) is 30.8 Å². The van der Waals surface area contributed by atoms with Crippen molar-refractivity contribution >= 4 is 39.9 Å². The van der Waals surface area contributed by atoms with Crippen LogP contribution in [0.1, 0.15) is 6.92 Å². The minimum atomic E-state index is -0.0789. The number of rotatable bonds is 7. The lowest BCUT2D eigenvalue weighted by atomic mass is 10.2. The van der Waals surface area contributed by atoms with E-state index in [0.717, 1.165) is 10.9 Å². The maximum Gasteiger partial charge on any atom is 0.232 e. The normalized spacial score (nSPS) is 11.9. The van der Waals surface area contributed by atoms with Gasteiger partial charge in [0.15, 0.2) is 11.5 Å². The highest BCUT2D eigenvalue weighted by atomic mass is 35.5. The average Bonchev–Trinajstić information content (AvgIpc) is 2.66. The van der Waals surface area contributed by atoms with E-state index in [4.69, 9.17) is 37.4 Å². The van der Waals surface area contributed by atoms with Crippen molar-refractivity contribution < 1.29 is 14.2 Å². The van der Waals surface area contributed by atoms with Gasteiger partial charge in [-0.15, -0.1) is 0 Å². The van der Waals surface area contributed by atoms with E-state index >= 15 is 0 Å². The molecule has 0 aliphatic rings. The second kappa shape index (κ2) is 8.45. The summed E-state index contributed by atoms with van der Waals surface area (Å²) in [7, 11) is 3.17. The van der Waals surface area contributed by atoms with Gasteiger partial charge in [0, 0.05) is 17.6 Å². The molecule has 0 fully saturated rings. The van der Waals surface area contributed by atoms with Crippen molar-refractivity contribution in [3.05, 3.63) is 40.8 Å². The SMILES string of the molecule is COc1cc2ncnc(N[C@H](C)COc3ncc(Cl)cc3Cl)c2cc1OC. The summed E-state index contributed by atoms with van der Waals surface area (Å²) in [6.45, 7) is 2.28. The summed E-state index contributed by atoms with van der Waals surface area (Å²) in [5.41, 5.74) is 0.737. The van der Waals surface area contributed by atoms with Gasteiger partial charge in [-0.1, -0.05) is 23.2 Å². The van der Waals surface area contributed by atoms with Crippen LogP contribution in [0.25, 0.3) is 10.9 Å². The molecule has 0 bridgehead atoms. The van der Waals surface area contributed by atoms with Gasteiger partial charge in [0.1, 0.15) is 23.8 Å². The lowest BCUT2D eigenvalue weighted by Crippen LogP contribution is -2.24. The average molecular weight is 409 g/mol. The molecular weight excluding hydrogens is 391 g/mol. The second-order valence-electron chi connectivity index (χ2n) is 5.74. The maximum absolute atomic E-state index is 6.07. The van der Waals surface area contributed by atoms with Gasteiger partial charge < -0.3 is 19.5 Å². The summed E-state index contributed by atoms with van der Waals surface area (Å²) in [4.78, 5) is 12.7. The van der Waals surface area contributed by atoms with E-state index in [9.17, 15) is 0 Å². The molecule has 0 aliphatic carbocycles. The molecule has 2 aromatic heterocycles. The number of hydrogen-bond donors (Lipinski definition) is 1. The van der Waals surface area contributed by atoms with E-state index in [1.54, 1.807) is 26.4 Å². The van der Waals surface area contributed by atoms with Gasteiger partial charge in [-0.3, -0.25) is 0 Å². The summed E-state index contributed by atoms with van der Waals surface area (Å²) in [6.07, 6.45) is 2.97. The summed E-state index contributed by atoms with van der Waals surface area (Å²) in [6, 6.07) is 5.15. The van der Waals surface area contributed by atoms with Crippen LogP contribution >= 0.6 is 23.2 Å². The lowest BCUT2D eigenvalue weighted by molar-refractivity contribution is 0.292. The topological polar surface area (TPSA) is 78.4 Å². The number of hydrogen-bond acceptors (Lipinski definition) is 7. The van der Waals surface area contributed by atoms with Crippen molar-refractivity contribution in [1.29, 1.82) is 0 Å². The van der Waals surface area contributed by atoms with Crippen LogP contribution in [0.2, 0.25) is 10.0 Å². The molecule has 3 aromatic rings. The van der Waals surface area contributed by atoms with E-state index in [1.165, 1.54) is 12.5 Å². The molecule has 27 heavy (non-hydrogen) atoms. The van der Waals surface area contributed by atoms with Gasteiger partial charge in [-0.25, -0.2) is 15.0 Å². The molecule has 0 spiro atoms. The molecule has 0 saturated heterocycles. The molecule has 1 atom stereocenters. The highest BCUT2D eigenvalue weighted by Gasteiger charge is 2.13. The number of nitrogens with zero attached hydrogens (tertiary/aromatic N) is 3. The van der Waals surface area contributed by atoms with E-state index in [2.05, 4.69) is 20.3 Å². The predicted octanol–water partition coefficient (Wildman–Crippen LogP) is 4.23. The quantitative estimate of drug-likeness (QED) is 0.626. The Morgan fingerprint density at radius 2 is 1.78 bits per heavy atom. The number of halogens is 2. The lowest BCUT2D eigenvalue weighted by Gasteiger charge is -2.17. The van der Waals surface area contributed by atoms with E-state index < -0.39 is 0 Å². The van der Waals surface area contributed by atoms with Gasteiger partial charge >= 0.3 is 0 Å². The number of methoxy groups -OCH3 is 2. The Balaban J connectivity index is 1.77. The Hall–Kier alpha value is -2.51. The Morgan fingerprint density at radius 3 is 2.48 bits per heavy atom. The number of fused-ring (bicyclic) bond motifs is 1. The highest BCUT2D eigenvalue weighted by Crippen LogP contribution is 2.33. The van der Waals surface area contributed by atoms with Crippen molar-refractivity contribution in [2.45, 2.75) is 13.0 Å². The van der Waals surface area contributed by atoms with Gasteiger partial charge in [0.2, 0.25) is 5.88 Å². The predicted molar refractivity (Wildman–Crippen MR) is 105 cm³/mol. The number of benzene rings is 1. The standard InChI is InChI=1S/C18H18Cl2N4O3/c1-10(8-27-18-13(20)4-11(19)7-21-18)24-17-12-5-15(25-2)16(26-3)6-14(12)22-9-23-17/h4-7,9-10H,8H2,1-3H3,(H,22,23,24)/t10-/m1/s1. The Kier molecular flexibility index (Phi) is 6.03. The number of pyridine rings is 1. The molecule has 1 aromatic carbocycles. The van der Waals surface area contributed by atoms with Gasteiger partial charge in [-0.2, -0.15) is 0 Å². The number of ether oxygens (including phenoxy) is 3. The zero-order valence-corrected chi connectivity index (χ0v) is 16.5. The van der Waals surface area contributed by atoms with Crippen LogP contribution in [0.15, 0.2) is 30.7 Å². The van der Waals surface area contributed by atoms with Crippen molar-refractivity contribution in [2.24, 2.45) is 0 Å². The number of nitrogens with one attached hydrogen (secondary N) is 1. The molecule has 3 rings (SSSR count). The van der Waals surface area contributed by atoms with Crippen LogP contribution in [0, 0.1) is 0 Å². The smallest absolute Gasteiger partial charge is 0.232 e. The molecule has 0 saturated carbocycles. The molecule has 9 heteroatoms. The first-order valence-electron chi connectivity index (χ1n) is 8.09. The third kappa shape index (κ3) is 4.43. The largest absolute Gasteiger partial charge is 0.493 e. The molecule has 0 unspecified atom stereocenters. The van der Waals surface area contributed by atoms with Crippen LogP contribution in [0.3, 0.4) is 0 Å². The third-order valence-electron chi connectivity index (χ3n) is 3.77. The Bertz CT molecular complexity index is 955. The van der Waals surface area contributed by atoms with Crippen molar-refractivity contribution in [3.8, 4) is 17.4 Å². The number of anilines is 1. The van der Waals surface area contributed by atoms with E-state index in [0.29, 0.717) is 39.8 Å². The molecule has 0 radical (unpaired) electrons. The Morgan fingerprint density at radius 1 is 1.04 bits per heavy atom. The van der Waals surface area contributed by atoms with Crippen LogP contribution < -0.4 is 19.5 Å². The molecule has 0 amide bonds. The van der Waals surface area contributed by atoms with Gasteiger partial charge in [-0.05, 0) is 19.1 Å². The minimum Gasteiger partial charge on any atom is -0.493 e. The van der Waals surface area contributed by atoms with Crippen molar-refractivity contribution in [3.63, 3.8) is 0 Å². The van der Waals surface area contributed by atoms with Crippen LogP contribution in [0.5, 0.6) is 17.4 Å². The second-order valence-corrected chi connectivity index (χ2v) is 6.59. The molecule has 142 valence electrons. The summed E-state index contributed by atoms with van der Waals surface area (Å²) in [5.74, 6) is 2.19. The number of aromatic nitrogens is 3. The van der Waals surface area contributed by atoms with Crippen molar-refractivity contribution in [1.82, 2.24) is 15.0 Å². The molecule has 0 aliphatic heterocycles. The summed E-state index contributed by atoms with van der Waals surface area (Å²) in [5, 5.41) is 4.93. The molecule has 7 nitrogen and oxygen atoms in total. The monoisotopic (exact) mass is 408 g/mol. The zero-order chi connectivity index (χ0) is 19.4. The molecule has 1 N–H and O–H groups in total. The molecule has 2 heterocycles. The minimum absolute atomic E-state index is 0.0789. The van der Waals surface area contributed by atoms with Crippen molar-refractivity contribution in [2.75, 3.05) is 26.1 Å². The summed E-state index contributed by atoms with van der Waals surface area (Å²) < 4.78 is 16.4. The van der Waals surface area contributed by atoms with Crippen LogP contribution in [-0.4, -0.2) is 41.8 Å². The molecular formula is C18H18Cl2N4O3. The fraction of sp³-hybridized carbons (Fsp3) is 0.278. The van der Waals surface area contributed by atoms with Crippen LogP contribution in [-0.2, 0) is 0 Å². The van der Waals surface area contributed by atoms with Gasteiger partial charge in [0.25, 0.3) is 0 Å². The Labute approximate surface area is 166 Å².